The van der Waals surface area contributed by atoms with Gasteiger partial charge in [-0.25, -0.2) is 18.6 Å². The summed E-state index contributed by atoms with van der Waals surface area (Å²) in [4.78, 5) is 34.2. The summed E-state index contributed by atoms with van der Waals surface area (Å²) in [5, 5.41) is 3.00. The van der Waals surface area contributed by atoms with E-state index in [0.29, 0.717) is 19.4 Å². The molecular formula is C28H25ClF2N6O2. The topological polar surface area (TPSA) is 86.2 Å². The predicted molar refractivity (Wildman–Crippen MR) is 144 cm³/mol. The number of nitrogens with one attached hydrogen (secondary N) is 1. The molecule has 11 heteroatoms. The van der Waals surface area contributed by atoms with Gasteiger partial charge in [0.25, 0.3) is 12.3 Å². The van der Waals surface area contributed by atoms with E-state index in [1.165, 1.54) is 6.07 Å². The largest absolute Gasteiger partial charge is 0.349 e. The summed E-state index contributed by atoms with van der Waals surface area (Å²) in [5.41, 5.74) is 2.47. The average Bonchev–Trinajstić information content (AvgIpc) is 3.51. The first-order valence-corrected chi connectivity index (χ1v) is 13.1. The van der Waals surface area contributed by atoms with Crippen molar-refractivity contribution >= 4 is 34.1 Å². The summed E-state index contributed by atoms with van der Waals surface area (Å²) >= 11 is 5.90. The van der Waals surface area contributed by atoms with E-state index in [1.807, 2.05) is 51.6 Å². The number of amides is 1. The number of rotatable bonds is 6. The first-order valence-electron chi connectivity index (χ1n) is 12.8. The highest BCUT2D eigenvalue weighted by Gasteiger charge is 2.27. The van der Waals surface area contributed by atoms with Crippen LogP contribution in [0.1, 0.15) is 48.2 Å². The number of halogens is 3. The van der Waals surface area contributed by atoms with Crippen LogP contribution in [0.5, 0.6) is 0 Å². The van der Waals surface area contributed by atoms with Crippen molar-refractivity contribution < 1.29 is 13.6 Å². The number of carbonyl (C=O) groups is 1. The number of carbonyl (C=O) groups excluding carboxylic acids is 1. The van der Waals surface area contributed by atoms with E-state index < -0.39 is 18.0 Å². The average molecular weight is 551 g/mol. The Morgan fingerprint density at radius 3 is 2.62 bits per heavy atom. The van der Waals surface area contributed by atoms with Crippen LogP contribution in [0.2, 0.25) is 5.02 Å². The number of aromatic nitrogens is 5. The van der Waals surface area contributed by atoms with E-state index in [-0.39, 0.29) is 28.2 Å². The molecule has 0 aliphatic heterocycles. The molecule has 4 heterocycles. The minimum atomic E-state index is -2.87. The minimum absolute atomic E-state index is 0.108. The molecule has 0 atom stereocenters. The molecule has 1 aliphatic rings. The number of hydrogen-bond acceptors (Lipinski definition) is 4. The van der Waals surface area contributed by atoms with Crippen LogP contribution in [0.4, 0.5) is 8.78 Å². The Labute approximate surface area is 226 Å². The lowest BCUT2D eigenvalue weighted by atomic mass is 9.85. The van der Waals surface area contributed by atoms with Crippen LogP contribution in [0.15, 0.2) is 72.2 Å². The second-order valence-corrected chi connectivity index (χ2v) is 10.3. The quantitative estimate of drug-likeness (QED) is 0.306. The molecule has 6 rings (SSSR count). The zero-order chi connectivity index (χ0) is 27.1. The van der Waals surface area contributed by atoms with Crippen molar-refractivity contribution in [2.75, 3.05) is 0 Å². The fourth-order valence-electron chi connectivity index (χ4n) is 5.50. The van der Waals surface area contributed by atoms with Gasteiger partial charge in [-0.05, 0) is 61.9 Å². The molecule has 8 nitrogen and oxygen atoms in total. The summed E-state index contributed by atoms with van der Waals surface area (Å²) in [6.45, 7) is 0.551. The molecule has 1 amide bonds. The van der Waals surface area contributed by atoms with E-state index in [1.54, 1.807) is 17.1 Å². The maximum Gasteiger partial charge on any atom is 0.333 e. The normalized spacial score (nSPS) is 17.7. The van der Waals surface area contributed by atoms with Gasteiger partial charge in [0, 0.05) is 25.0 Å². The monoisotopic (exact) mass is 550 g/mol. The van der Waals surface area contributed by atoms with Crippen molar-refractivity contribution in [3.8, 4) is 5.69 Å². The predicted octanol–water partition coefficient (Wildman–Crippen LogP) is 5.41. The zero-order valence-corrected chi connectivity index (χ0v) is 21.6. The van der Waals surface area contributed by atoms with Crippen LogP contribution in [0.25, 0.3) is 22.2 Å². The van der Waals surface area contributed by atoms with Crippen LogP contribution in [-0.2, 0) is 6.54 Å². The SMILES string of the molecule is O=C(NC1CCC(Cn2c(=O)n(-c3ccn4cncc4c3)c3ccccc32)CC1)c1cc(Cl)cnc1C(F)F. The number of nitrogens with zero attached hydrogens (tertiary/aromatic N) is 5. The van der Waals surface area contributed by atoms with Crippen molar-refractivity contribution in [3.05, 3.63) is 94.1 Å². The van der Waals surface area contributed by atoms with E-state index in [0.717, 1.165) is 41.3 Å². The first kappa shape index (κ1) is 25.2. The van der Waals surface area contributed by atoms with E-state index >= 15 is 0 Å². The van der Waals surface area contributed by atoms with E-state index in [4.69, 9.17) is 11.6 Å². The molecule has 4 aromatic heterocycles. The number of alkyl halides is 2. The summed E-state index contributed by atoms with van der Waals surface area (Å²) in [6.07, 6.45) is 6.52. The van der Waals surface area contributed by atoms with Gasteiger partial charge in [-0.3, -0.25) is 18.9 Å². The third-order valence-electron chi connectivity index (χ3n) is 7.45. The summed E-state index contributed by atoms with van der Waals surface area (Å²) in [6, 6.07) is 12.7. The fourth-order valence-corrected chi connectivity index (χ4v) is 5.66. The van der Waals surface area contributed by atoms with Crippen LogP contribution < -0.4 is 11.0 Å². The number of para-hydroxylation sites is 2. The van der Waals surface area contributed by atoms with Crippen molar-refractivity contribution in [1.29, 1.82) is 0 Å². The Kier molecular flexibility index (Phi) is 6.64. The van der Waals surface area contributed by atoms with Crippen molar-refractivity contribution in [3.63, 3.8) is 0 Å². The summed E-state index contributed by atoms with van der Waals surface area (Å²) in [7, 11) is 0. The highest BCUT2D eigenvalue weighted by Crippen LogP contribution is 2.29. The Hall–Kier alpha value is -4.05. The van der Waals surface area contributed by atoms with E-state index in [9.17, 15) is 18.4 Å². The second kappa shape index (κ2) is 10.3. The maximum absolute atomic E-state index is 13.7. The van der Waals surface area contributed by atoms with Crippen molar-refractivity contribution in [2.45, 2.75) is 44.7 Å². The molecule has 0 unspecified atom stereocenters. The zero-order valence-electron chi connectivity index (χ0n) is 20.8. The van der Waals surface area contributed by atoms with E-state index in [2.05, 4.69) is 15.3 Å². The molecule has 200 valence electrons. The van der Waals surface area contributed by atoms with Gasteiger partial charge in [0.15, 0.2) is 0 Å². The third kappa shape index (κ3) is 4.80. The van der Waals surface area contributed by atoms with Gasteiger partial charge < -0.3 is 9.72 Å². The highest BCUT2D eigenvalue weighted by molar-refractivity contribution is 6.30. The number of benzene rings is 1. The molecule has 1 fully saturated rings. The Morgan fingerprint density at radius 1 is 1.08 bits per heavy atom. The van der Waals surface area contributed by atoms with Gasteiger partial charge in [0.05, 0.1) is 45.3 Å². The van der Waals surface area contributed by atoms with Gasteiger partial charge in [-0.2, -0.15) is 0 Å². The van der Waals surface area contributed by atoms with Crippen molar-refractivity contribution in [2.24, 2.45) is 5.92 Å². The molecule has 1 aromatic carbocycles. The molecule has 0 saturated heterocycles. The highest BCUT2D eigenvalue weighted by atomic mass is 35.5. The van der Waals surface area contributed by atoms with Gasteiger partial charge in [0.2, 0.25) is 0 Å². The third-order valence-corrected chi connectivity index (χ3v) is 7.66. The molecule has 39 heavy (non-hydrogen) atoms. The second-order valence-electron chi connectivity index (χ2n) is 9.91. The number of imidazole rings is 2. The molecule has 5 aromatic rings. The number of pyridine rings is 2. The smallest absolute Gasteiger partial charge is 0.333 e. The fraction of sp³-hybridized carbons (Fsp3) is 0.286. The number of fused-ring (bicyclic) bond motifs is 2. The van der Waals surface area contributed by atoms with Crippen LogP contribution in [0.3, 0.4) is 0 Å². The van der Waals surface area contributed by atoms with Crippen LogP contribution in [-0.4, -0.2) is 35.5 Å². The molecule has 1 N–H and O–H groups in total. The van der Waals surface area contributed by atoms with Crippen LogP contribution >= 0.6 is 11.6 Å². The Morgan fingerprint density at radius 2 is 1.85 bits per heavy atom. The molecule has 0 radical (unpaired) electrons. The number of hydrogen-bond donors (Lipinski definition) is 1. The molecule has 0 bridgehead atoms. The first-order chi connectivity index (χ1) is 18.9. The van der Waals surface area contributed by atoms with Gasteiger partial charge >= 0.3 is 5.69 Å². The molecule has 1 aliphatic carbocycles. The maximum atomic E-state index is 13.7. The lowest BCUT2D eigenvalue weighted by Crippen LogP contribution is -2.39. The Balaban J connectivity index is 1.19. The van der Waals surface area contributed by atoms with Crippen LogP contribution in [0, 0.1) is 5.92 Å². The van der Waals surface area contributed by atoms with Gasteiger partial charge in [-0.1, -0.05) is 23.7 Å². The summed E-state index contributed by atoms with van der Waals surface area (Å²) < 4.78 is 32.1. The summed E-state index contributed by atoms with van der Waals surface area (Å²) in [5.74, 6) is -0.366. The lowest BCUT2D eigenvalue weighted by Gasteiger charge is -2.29. The van der Waals surface area contributed by atoms with Crippen molar-refractivity contribution in [1.82, 2.24) is 28.8 Å². The molecule has 1 saturated carbocycles. The van der Waals surface area contributed by atoms with Gasteiger partial charge in [-0.15, -0.1) is 0 Å². The standard InChI is InChI=1S/C28H25ClF2N6O2/c29-18-11-22(25(26(30)31)33-13-18)27(38)34-19-7-5-17(6-8-19)15-36-23-3-1-2-4-24(23)37(28(36)39)20-9-10-35-16-32-14-21(35)12-20/h1-4,9-14,16-17,19,26H,5-8,15H2,(H,34,38). The molecule has 0 spiro atoms. The lowest BCUT2D eigenvalue weighted by molar-refractivity contribution is 0.0904. The Bertz CT molecular complexity index is 1740. The minimum Gasteiger partial charge on any atom is -0.349 e. The molecular weight excluding hydrogens is 526 g/mol. The van der Waals surface area contributed by atoms with Gasteiger partial charge in [0.1, 0.15) is 5.69 Å².